The van der Waals surface area contributed by atoms with Crippen LogP contribution in [0.15, 0.2) is 24.3 Å². The van der Waals surface area contributed by atoms with Crippen LogP contribution < -0.4 is 9.55 Å². The van der Waals surface area contributed by atoms with Crippen molar-refractivity contribution < 1.29 is 0 Å². The molecule has 0 aromatic heterocycles. The first-order chi connectivity index (χ1) is 5.93. The van der Waals surface area contributed by atoms with Crippen LogP contribution in [-0.2, 0) is 0 Å². The van der Waals surface area contributed by atoms with Crippen LogP contribution in [0, 0.1) is 5.21 Å². The zero-order valence-corrected chi connectivity index (χ0v) is 8.61. The summed E-state index contributed by atoms with van der Waals surface area (Å²) in [7, 11) is 7.13. The maximum Gasteiger partial charge on any atom is 0.156 e. The van der Waals surface area contributed by atoms with E-state index >= 15 is 0 Å². The topological polar surface area (TPSA) is 26.3 Å². The minimum absolute atomic E-state index is 0.394. The Hall–Kier alpha value is -1.06. The number of quaternary nitrogens is 1. The van der Waals surface area contributed by atoms with Crippen molar-refractivity contribution in [2.45, 2.75) is 0 Å². The Kier molecular flexibility index (Phi) is 2.59. The zero-order valence-electron chi connectivity index (χ0n) is 8.61. The molecule has 0 saturated carbocycles. The van der Waals surface area contributed by atoms with Crippen molar-refractivity contribution in [3.8, 4) is 0 Å². The lowest BCUT2D eigenvalue weighted by Gasteiger charge is -2.35. The molecule has 0 aliphatic heterocycles. The van der Waals surface area contributed by atoms with Crippen molar-refractivity contribution >= 4 is 11.4 Å². The highest BCUT2D eigenvalue weighted by Gasteiger charge is 2.13. The van der Waals surface area contributed by atoms with Crippen molar-refractivity contribution in [3.63, 3.8) is 0 Å². The second-order valence-corrected chi connectivity index (χ2v) is 3.73. The molecule has 1 aromatic carbocycles. The van der Waals surface area contributed by atoms with Crippen LogP contribution in [-0.4, -0.2) is 28.2 Å². The van der Waals surface area contributed by atoms with Crippen molar-refractivity contribution in [1.29, 1.82) is 0 Å². The average molecular weight is 180 g/mol. The first kappa shape index (κ1) is 10.0. The summed E-state index contributed by atoms with van der Waals surface area (Å²) in [4.78, 5) is 1.95. The number of anilines is 1. The third-order valence-corrected chi connectivity index (χ3v) is 1.94. The molecular formula is C10H16N2O. The number of hydrogen-bond donors (Lipinski definition) is 0. The molecule has 1 rings (SSSR count). The molecule has 72 valence electrons. The predicted octanol–water partition coefficient (Wildman–Crippen LogP) is 1.82. The molecule has 0 radical (unpaired) electrons. The van der Waals surface area contributed by atoms with Gasteiger partial charge >= 0.3 is 0 Å². The lowest BCUT2D eigenvalue weighted by molar-refractivity contribution is 0.543. The number of benzene rings is 1. The van der Waals surface area contributed by atoms with Gasteiger partial charge in [0.25, 0.3) is 0 Å². The standard InChI is InChI=1S/C10H16N2O/c1-11(2)9-7-5-6-8-10(9)12(3,4)13/h5-8H,1-4H3. The first-order valence-electron chi connectivity index (χ1n) is 4.25. The highest BCUT2D eigenvalue weighted by molar-refractivity contribution is 5.68. The second kappa shape index (κ2) is 3.36. The van der Waals surface area contributed by atoms with Crippen LogP contribution in [0.1, 0.15) is 0 Å². The Morgan fingerprint density at radius 1 is 1.15 bits per heavy atom. The molecule has 0 atom stereocenters. The largest absolute Gasteiger partial charge is 0.628 e. The van der Waals surface area contributed by atoms with Gasteiger partial charge in [-0.05, 0) is 6.07 Å². The molecule has 0 N–H and O–H groups in total. The fraction of sp³-hybridized carbons (Fsp3) is 0.400. The van der Waals surface area contributed by atoms with E-state index in [1.165, 1.54) is 0 Å². The SMILES string of the molecule is CN(C)c1ccccc1[N+](C)(C)[O-]. The monoisotopic (exact) mass is 180 g/mol. The predicted molar refractivity (Wildman–Crippen MR) is 57.8 cm³/mol. The number of para-hydroxylation sites is 2. The highest BCUT2D eigenvalue weighted by Crippen LogP contribution is 2.29. The van der Waals surface area contributed by atoms with E-state index in [1.807, 2.05) is 43.3 Å². The molecule has 0 aliphatic rings. The number of nitrogens with zero attached hydrogens (tertiary/aromatic N) is 2. The Labute approximate surface area is 79.4 Å². The summed E-state index contributed by atoms with van der Waals surface area (Å²) >= 11 is 0. The minimum atomic E-state index is -0.394. The quantitative estimate of drug-likeness (QED) is 0.512. The van der Waals surface area contributed by atoms with Crippen LogP contribution in [0.4, 0.5) is 11.4 Å². The summed E-state index contributed by atoms with van der Waals surface area (Å²) < 4.78 is -0.394. The maximum atomic E-state index is 11.7. The van der Waals surface area contributed by atoms with E-state index in [0.717, 1.165) is 11.4 Å². The summed E-state index contributed by atoms with van der Waals surface area (Å²) in [6.07, 6.45) is 0. The van der Waals surface area contributed by atoms with E-state index in [9.17, 15) is 5.21 Å². The molecule has 3 heteroatoms. The van der Waals surface area contributed by atoms with Crippen molar-refractivity contribution in [1.82, 2.24) is 4.65 Å². The molecule has 13 heavy (non-hydrogen) atoms. The molecule has 1 aromatic rings. The zero-order chi connectivity index (χ0) is 10.1. The van der Waals surface area contributed by atoms with Crippen molar-refractivity contribution in [3.05, 3.63) is 29.5 Å². The Bertz CT molecular complexity index is 289. The first-order valence-corrected chi connectivity index (χ1v) is 4.25. The Morgan fingerprint density at radius 3 is 2.08 bits per heavy atom. The Morgan fingerprint density at radius 2 is 1.69 bits per heavy atom. The van der Waals surface area contributed by atoms with Crippen LogP contribution in [0.3, 0.4) is 0 Å². The van der Waals surface area contributed by atoms with Crippen LogP contribution in [0.2, 0.25) is 0 Å². The molecule has 0 spiro atoms. The van der Waals surface area contributed by atoms with E-state index < -0.39 is 4.65 Å². The molecule has 0 heterocycles. The summed E-state index contributed by atoms with van der Waals surface area (Å²) in [5, 5.41) is 11.7. The van der Waals surface area contributed by atoms with Gasteiger partial charge in [0.1, 0.15) is 0 Å². The van der Waals surface area contributed by atoms with Gasteiger partial charge in [0.05, 0.1) is 19.8 Å². The van der Waals surface area contributed by atoms with E-state index in [2.05, 4.69) is 0 Å². The third kappa shape index (κ3) is 2.20. The van der Waals surface area contributed by atoms with E-state index in [4.69, 9.17) is 0 Å². The second-order valence-electron chi connectivity index (χ2n) is 3.73. The summed E-state index contributed by atoms with van der Waals surface area (Å²) in [6.45, 7) is 0. The molecule has 0 unspecified atom stereocenters. The van der Waals surface area contributed by atoms with Crippen LogP contribution in [0.5, 0.6) is 0 Å². The molecular weight excluding hydrogens is 164 g/mol. The minimum Gasteiger partial charge on any atom is -0.628 e. The van der Waals surface area contributed by atoms with Gasteiger partial charge in [-0.25, -0.2) is 0 Å². The van der Waals surface area contributed by atoms with Crippen molar-refractivity contribution in [2.75, 3.05) is 33.1 Å². The smallest absolute Gasteiger partial charge is 0.156 e. The van der Waals surface area contributed by atoms with Gasteiger partial charge in [-0.3, -0.25) is 0 Å². The van der Waals surface area contributed by atoms with Gasteiger partial charge in [0.15, 0.2) is 5.69 Å². The summed E-state index contributed by atoms with van der Waals surface area (Å²) in [5.74, 6) is 0. The van der Waals surface area contributed by atoms with E-state index in [-0.39, 0.29) is 0 Å². The summed E-state index contributed by atoms with van der Waals surface area (Å²) in [6, 6.07) is 7.64. The van der Waals surface area contributed by atoms with Gasteiger partial charge in [0.2, 0.25) is 0 Å². The maximum absolute atomic E-state index is 11.7. The Balaban J connectivity index is 3.20. The summed E-state index contributed by atoms with van der Waals surface area (Å²) in [5.41, 5.74) is 1.76. The highest BCUT2D eigenvalue weighted by atomic mass is 16.5. The van der Waals surface area contributed by atoms with Crippen LogP contribution in [0.25, 0.3) is 0 Å². The lowest BCUT2D eigenvalue weighted by Crippen LogP contribution is -2.33. The van der Waals surface area contributed by atoms with E-state index in [0.29, 0.717) is 0 Å². The number of hydrogen-bond acceptors (Lipinski definition) is 2. The molecule has 3 nitrogen and oxygen atoms in total. The van der Waals surface area contributed by atoms with Crippen LogP contribution >= 0.6 is 0 Å². The van der Waals surface area contributed by atoms with Gasteiger partial charge in [-0.2, -0.15) is 0 Å². The molecule has 0 amide bonds. The molecule has 0 bridgehead atoms. The lowest BCUT2D eigenvalue weighted by atomic mass is 10.2. The molecule has 0 aliphatic carbocycles. The van der Waals surface area contributed by atoms with E-state index in [1.54, 1.807) is 14.1 Å². The van der Waals surface area contributed by atoms with Gasteiger partial charge in [-0.15, -0.1) is 0 Å². The molecule has 0 fully saturated rings. The van der Waals surface area contributed by atoms with Gasteiger partial charge < -0.3 is 14.8 Å². The number of rotatable bonds is 2. The fourth-order valence-electron chi connectivity index (χ4n) is 1.30. The van der Waals surface area contributed by atoms with Gasteiger partial charge in [0, 0.05) is 20.2 Å². The fourth-order valence-corrected chi connectivity index (χ4v) is 1.30. The van der Waals surface area contributed by atoms with Gasteiger partial charge in [-0.1, -0.05) is 12.1 Å². The normalized spacial score (nSPS) is 11.5. The average Bonchev–Trinajstić information content (AvgIpc) is 2.03. The third-order valence-electron chi connectivity index (χ3n) is 1.94. The number of hydroxylamine groups is 2. The van der Waals surface area contributed by atoms with Crippen molar-refractivity contribution in [2.24, 2.45) is 0 Å². The molecule has 0 saturated heterocycles.